The van der Waals surface area contributed by atoms with Gasteiger partial charge in [0.15, 0.2) is 16.7 Å². The number of benzene rings is 2. The van der Waals surface area contributed by atoms with Crippen LogP contribution in [0.3, 0.4) is 0 Å². The maximum Gasteiger partial charge on any atom is 0.231 e. The Morgan fingerprint density at radius 2 is 2.00 bits per heavy atom. The summed E-state index contributed by atoms with van der Waals surface area (Å²) in [6.07, 6.45) is 6.95. The Labute approximate surface area is 216 Å². The highest BCUT2D eigenvalue weighted by molar-refractivity contribution is 7.99. The van der Waals surface area contributed by atoms with Gasteiger partial charge in [-0.25, -0.2) is 0 Å². The molecule has 36 heavy (non-hydrogen) atoms. The summed E-state index contributed by atoms with van der Waals surface area (Å²) in [4.78, 5) is 12.4. The van der Waals surface area contributed by atoms with Crippen LogP contribution in [0, 0.1) is 0 Å². The Morgan fingerprint density at radius 3 is 2.86 bits per heavy atom. The van der Waals surface area contributed by atoms with Crippen molar-refractivity contribution in [2.45, 2.75) is 43.9 Å². The van der Waals surface area contributed by atoms with E-state index < -0.39 is 0 Å². The van der Waals surface area contributed by atoms with E-state index in [1.165, 1.54) is 5.56 Å². The van der Waals surface area contributed by atoms with Crippen LogP contribution in [0.5, 0.6) is 11.5 Å². The highest BCUT2D eigenvalue weighted by Crippen LogP contribution is 2.32. The lowest BCUT2D eigenvalue weighted by atomic mass is 10.2. The van der Waals surface area contributed by atoms with Gasteiger partial charge in [0.1, 0.15) is 5.82 Å². The van der Waals surface area contributed by atoms with Gasteiger partial charge in [-0.2, -0.15) is 0 Å². The molecule has 0 fully saturated rings. The Bertz CT molecular complexity index is 1150. The molecule has 1 aliphatic rings. The summed E-state index contributed by atoms with van der Waals surface area (Å²) >= 11 is 1.66. The molecular formula is C27H32N4O4S. The fraction of sp³-hybridized carbons (Fsp3) is 0.370. The average Bonchev–Trinajstić information content (AvgIpc) is 3.53. The topological polar surface area (TPSA) is 87.5 Å². The molecule has 0 saturated heterocycles. The number of carbonyl (C=O) groups is 1. The second kappa shape index (κ2) is 13.7. The lowest BCUT2D eigenvalue weighted by Crippen LogP contribution is -2.22. The van der Waals surface area contributed by atoms with Crippen LogP contribution in [0.25, 0.3) is 6.08 Å². The average molecular weight is 509 g/mol. The van der Waals surface area contributed by atoms with Crippen molar-refractivity contribution in [2.75, 3.05) is 26.3 Å². The normalized spacial score (nSPS) is 12.4. The summed E-state index contributed by atoms with van der Waals surface area (Å²) in [5, 5.41) is 12.7. The van der Waals surface area contributed by atoms with E-state index in [2.05, 4.69) is 44.4 Å². The number of aryl methyl sites for hydroxylation is 1. The molecule has 0 radical (unpaired) electrons. The zero-order chi connectivity index (χ0) is 25.0. The molecule has 0 atom stereocenters. The van der Waals surface area contributed by atoms with Gasteiger partial charge in [0, 0.05) is 45.4 Å². The van der Waals surface area contributed by atoms with Crippen LogP contribution in [0.1, 0.15) is 36.2 Å². The first-order valence-electron chi connectivity index (χ1n) is 12.1. The van der Waals surface area contributed by atoms with Crippen molar-refractivity contribution in [3.63, 3.8) is 0 Å². The van der Waals surface area contributed by atoms with E-state index in [0.29, 0.717) is 32.4 Å². The number of nitrogens with one attached hydrogen (secondary N) is 1. The van der Waals surface area contributed by atoms with Crippen molar-refractivity contribution in [3.8, 4) is 11.5 Å². The highest BCUT2D eigenvalue weighted by atomic mass is 32.2. The van der Waals surface area contributed by atoms with E-state index in [9.17, 15) is 4.79 Å². The van der Waals surface area contributed by atoms with E-state index in [1.807, 2.05) is 36.4 Å². The molecule has 0 aliphatic carbocycles. The molecule has 0 unspecified atom stereocenters. The first kappa shape index (κ1) is 25.8. The van der Waals surface area contributed by atoms with Crippen molar-refractivity contribution in [1.29, 1.82) is 0 Å². The molecule has 4 rings (SSSR count). The van der Waals surface area contributed by atoms with E-state index >= 15 is 0 Å². The third kappa shape index (κ3) is 7.60. The summed E-state index contributed by atoms with van der Waals surface area (Å²) in [7, 11) is 1.71. The predicted octanol–water partition coefficient (Wildman–Crippen LogP) is 4.49. The first-order valence-corrected chi connectivity index (χ1v) is 13.1. The largest absolute Gasteiger partial charge is 0.454 e. The number of thioether (sulfide) groups is 1. The standard InChI is InChI=1S/C27H32N4O4S/c1-33-16-7-15-31-25(29-30-27(31)36-17-6-10-21-8-3-2-4-9-21)11-5-12-26(32)28-19-22-13-14-23-24(18-22)35-20-34-23/h2-4,6,8-10,13-14,18H,5,7,11-12,15-17,19-20H2,1H3,(H,28,32). The van der Waals surface area contributed by atoms with Gasteiger partial charge in [0.2, 0.25) is 12.7 Å². The monoisotopic (exact) mass is 508 g/mol. The van der Waals surface area contributed by atoms with Gasteiger partial charge in [-0.05, 0) is 36.1 Å². The zero-order valence-electron chi connectivity index (χ0n) is 20.5. The van der Waals surface area contributed by atoms with Crippen LogP contribution in [0.4, 0.5) is 0 Å². The van der Waals surface area contributed by atoms with Gasteiger partial charge < -0.3 is 24.1 Å². The van der Waals surface area contributed by atoms with Crippen molar-refractivity contribution in [2.24, 2.45) is 0 Å². The third-order valence-electron chi connectivity index (χ3n) is 5.67. The number of fused-ring (bicyclic) bond motifs is 1. The molecule has 2 heterocycles. The molecule has 8 nitrogen and oxygen atoms in total. The summed E-state index contributed by atoms with van der Waals surface area (Å²) in [6.45, 7) is 2.17. The van der Waals surface area contributed by atoms with Gasteiger partial charge in [0.25, 0.3) is 0 Å². The van der Waals surface area contributed by atoms with Gasteiger partial charge in [-0.15, -0.1) is 10.2 Å². The van der Waals surface area contributed by atoms with E-state index in [4.69, 9.17) is 14.2 Å². The van der Waals surface area contributed by atoms with Gasteiger partial charge in [-0.1, -0.05) is 60.3 Å². The maximum absolute atomic E-state index is 12.4. The number of methoxy groups -OCH3 is 1. The molecule has 190 valence electrons. The molecular weight excluding hydrogens is 476 g/mol. The molecule has 2 aromatic carbocycles. The van der Waals surface area contributed by atoms with Gasteiger partial charge in [-0.3, -0.25) is 4.79 Å². The Hall–Kier alpha value is -3.30. The second-order valence-electron chi connectivity index (χ2n) is 8.34. The van der Waals surface area contributed by atoms with Crippen molar-refractivity contribution in [1.82, 2.24) is 20.1 Å². The summed E-state index contributed by atoms with van der Waals surface area (Å²) in [6, 6.07) is 15.9. The number of ether oxygens (including phenoxy) is 3. The summed E-state index contributed by atoms with van der Waals surface area (Å²) in [5.74, 6) is 3.19. The lowest BCUT2D eigenvalue weighted by molar-refractivity contribution is -0.121. The van der Waals surface area contributed by atoms with E-state index in [0.717, 1.165) is 46.8 Å². The number of amides is 1. The molecule has 0 saturated carbocycles. The Morgan fingerprint density at radius 1 is 1.14 bits per heavy atom. The molecule has 1 aromatic heterocycles. The van der Waals surface area contributed by atoms with Crippen LogP contribution in [-0.2, 0) is 29.0 Å². The molecule has 0 spiro atoms. The minimum absolute atomic E-state index is 0.0127. The number of aromatic nitrogens is 3. The van der Waals surface area contributed by atoms with E-state index in [-0.39, 0.29) is 12.7 Å². The third-order valence-corrected chi connectivity index (χ3v) is 6.59. The van der Waals surface area contributed by atoms with Gasteiger partial charge >= 0.3 is 0 Å². The Balaban J connectivity index is 1.25. The van der Waals surface area contributed by atoms with E-state index in [1.54, 1.807) is 18.9 Å². The number of hydrogen-bond acceptors (Lipinski definition) is 7. The number of nitrogens with zero attached hydrogens (tertiary/aromatic N) is 3. The number of carbonyl (C=O) groups excluding carboxylic acids is 1. The molecule has 1 amide bonds. The predicted molar refractivity (Wildman–Crippen MR) is 140 cm³/mol. The molecule has 3 aromatic rings. The van der Waals surface area contributed by atoms with Crippen LogP contribution in [0.2, 0.25) is 0 Å². The minimum Gasteiger partial charge on any atom is -0.454 e. The van der Waals surface area contributed by atoms with Crippen LogP contribution in [-0.4, -0.2) is 46.9 Å². The van der Waals surface area contributed by atoms with Gasteiger partial charge in [0.05, 0.1) is 0 Å². The van der Waals surface area contributed by atoms with Crippen LogP contribution >= 0.6 is 11.8 Å². The van der Waals surface area contributed by atoms with Crippen molar-refractivity contribution >= 4 is 23.7 Å². The fourth-order valence-electron chi connectivity index (χ4n) is 3.82. The maximum atomic E-state index is 12.4. The van der Waals surface area contributed by atoms with Crippen molar-refractivity contribution < 1.29 is 19.0 Å². The zero-order valence-corrected chi connectivity index (χ0v) is 21.3. The molecule has 1 N–H and O–H groups in total. The molecule has 1 aliphatic heterocycles. The quantitative estimate of drug-likeness (QED) is 0.254. The van der Waals surface area contributed by atoms with Crippen LogP contribution in [0.15, 0.2) is 59.8 Å². The van der Waals surface area contributed by atoms with Crippen LogP contribution < -0.4 is 14.8 Å². The highest BCUT2D eigenvalue weighted by Gasteiger charge is 2.15. The fourth-order valence-corrected chi connectivity index (χ4v) is 4.61. The summed E-state index contributed by atoms with van der Waals surface area (Å²) < 4.78 is 18.1. The second-order valence-corrected chi connectivity index (χ2v) is 9.33. The smallest absolute Gasteiger partial charge is 0.231 e. The number of rotatable bonds is 14. The Kier molecular flexibility index (Phi) is 9.81. The molecule has 9 heteroatoms. The number of hydrogen-bond donors (Lipinski definition) is 1. The summed E-state index contributed by atoms with van der Waals surface area (Å²) in [5.41, 5.74) is 2.16. The van der Waals surface area contributed by atoms with Crippen molar-refractivity contribution in [3.05, 3.63) is 71.6 Å². The lowest BCUT2D eigenvalue weighted by Gasteiger charge is -2.10. The molecule has 0 bridgehead atoms. The minimum atomic E-state index is 0.0127. The first-order chi connectivity index (χ1) is 17.7. The SMILES string of the molecule is COCCCn1c(CCCC(=O)NCc2ccc3c(c2)OCO3)nnc1SCC=Cc1ccccc1.